The first kappa shape index (κ1) is 20.5. The van der Waals surface area contributed by atoms with Crippen molar-refractivity contribution in [2.45, 2.75) is 18.9 Å². The van der Waals surface area contributed by atoms with Gasteiger partial charge in [0.2, 0.25) is 5.91 Å². The molecule has 10 heteroatoms. The van der Waals surface area contributed by atoms with Gasteiger partial charge in [-0.15, -0.1) is 0 Å². The molecule has 3 amide bonds. The molecule has 2 aliphatic rings. The van der Waals surface area contributed by atoms with Crippen LogP contribution < -0.4 is 0 Å². The van der Waals surface area contributed by atoms with E-state index < -0.39 is 26.8 Å². The molecule has 3 rings (SSSR count). The van der Waals surface area contributed by atoms with E-state index in [1.165, 1.54) is 42.3 Å². The Morgan fingerprint density at radius 2 is 2.00 bits per heavy atom. The fraction of sp³-hybridized carbons (Fsp3) is 0.389. The number of halogens is 1. The molecule has 7 nitrogen and oxygen atoms in total. The second-order valence-corrected chi connectivity index (χ2v) is 9.92. The lowest BCUT2D eigenvalue weighted by Crippen LogP contribution is -2.40. The van der Waals surface area contributed by atoms with E-state index in [9.17, 15) is 27.2 Å². The Balaban J connectivity index is 1.60. The van der Waals surface area contributed by atoms with Crippen LogP contribution in [0.3, 0.4) is 0 Å². The molecule has 2 saturated heterocycles. The molecule has 0 aromatic heterocycles. The number of benzene rings is 1. The summed E-state index contributed by atoms with van der Waals surface area (Å²) in [5, 5.41) is -0.475. The zero-order valence-electron chi connectivity index (χ0n) is 15.1. The lowest BCUT2D eigenvalue weighted by molar-refractivity contribution is -0.132. The lowest BCUT2D eigenvalue weighted by atomic mass is 10.2. The molecule has 150 valence electrons. The minimum absolute atomic E-state index is 0.0583. The highest BCUT2D eigenvalue weighted by Gasteiger charge is 2.36. The Labute approximate surface area is 166 Å². The van der Waals surface area contributed by atoms with Gasteiger partial charge in [0.15, 0.2) is 9.84 Å². The summed E-state index contributed by atoms with van der Waals surface area (Å²) in [5.74, 6) is -1.21. The normalized spacial score (nSPS) is 22.9. The van der Waals surface area contributed by atoms with Gasteiger partial charge >= 0.3 is 0 Å². The van der Waals surface area contributed by atoms with Crippen LogP contribution in [0.5, 0.6) is 0 Å². The molecule has 0 radical (unpaired) electrons. The molecule has 1 atom stereocenters. The third-order valence-corrected chi connectivity index (χ3v) is 7.40. The van der Waals surface area contributed by atoms with Crippen molar-refractivity contribution in [1.29, 1.82) is 0 Å². The van der Waals surface area contributed by atoms with Crippen molar-refractivity contribution in [3.05, 3.63) is 40.6 Å². The smallest absolute Gasteiger partial charge is 0.293 e. The first-order valence-corrected chi connectivity index (χ1v) is 11.3. The zero-order chi connectivity index (χ0) is 20.5. The van der Waals surface area contributed by atoms with Crippen LogP contribution in [0.1, 0.15) is 18.4 Å². The van der Waals surface area contributed by atoms with Gasteiger partial charge < -0.3 is 4.90 Å². The summed E-state index contributed by atoms with van der Waals surface area (Å²) >= 11 is 0.767. The number of hydrogen-bond acceptors (Lipinski definition) is 6. The molecule has 1 aromatic carbocycles. The molecule has 2 aliphatic heterocycles. The summed E-state index contributed by atoms with van der Waals surface area (Å²) in [5.41, 5.74) is 0.588. The summed E-state index contributed by atoms with van der Waals surface area (Å²) in [6, 6.07) is 5.14. The summed E-state index contributed by atoms with van der Waals surface area (Å²) in [6.45, 7) is -0.0753. The summed E-state index contributed by atoms with van der Waals surface area (Å²) in [7, 11) is -1.57. The molecule has 2 fully saturated rings. The van der Waals surface area contributed by atoms with Crippen molar-refractivity contribution in [2.75, 3.05) is 25.1 Å². The molecular weight excluding hydrogens is 407 g/mol. The average molecular weight is 426 g/mol. The van der Waals surface area contributed by atoms with Crippen LogP contribution in [0.25, 0.3) is 6.08 Å². The van der Waals surface area contributed by atoms with E-state index in [-0.39, 0.29) is 41.3 Å². The maximum absolute atomic E-state index is 13.0. The predicted octanol–water partition coefficient (Wildman–Crippen LogP) is 1.90. The van der Waals surface area contributed by atoms with Gasteiger partial charge in [-0.3, -0.25) is 19.3 Å². The topological polar surface area (TPSA) is 91.8 Å². The van der Waals surface area contributed by atoms with E-state index in [2.05, 4.69) is 0 Å². The van der Waals surface area contributed by atoms with Gasteiger partial charge in [-0.2, -0.15) is 0 Å². The van der Waals surface area contributed by atoms with Gasteiger partial charge in [-0.05, 0) is 42.0 Å². The molecule has 0 aliphatic carbocycles. The van der Waals surface area contributed by atoms with E-state index in [0.717, 1.165) is 16.7 Å². The van der Waals surface area contributed by atoms with Gasteiger partial charge in [0.1, 0.15) is 5.82 Å². The Morgan fingerprint density at radius 1 is 1.32 bits per heavy atom. The number of carbonyl (C=O) groups excluding carboxylic acids is 3. The number of imide groups is 1. The maximum atomic E-state index is 13.0. The molecule has 2 heterocycles. The number of rotatable bonds is 5. The van der Waals surface area contributed by atoms with Crippen LogP contribution >= 0.6 is 11.8 Å². The first-order valence-electron chi connectivity index (χ1n) is 8.63. The van der Waals surface area contributed by atoms with Crippen LogP contribution in [-0.2, 0) is 19.4 Å². The second-order valence-electron chi connectivity index (χ2n) is 6.70. The van der Waals surface area contributed by atoms with Crippen LogP contribution in [-0.4, -0.2) is 66.4 Å². The standard InChI is InChI=1S/C18H19FN2O5S2/c1-20(14-7-9-28(25,26)11-14)16(22)6-8-21-17(23)15(27-18(21)24)10-12-2-4-13(19)5-3-12/h2-5,10,14H,6-9,11H2,1H3. The summed E-state index contributed by atoms with van der Waals surface area (Å²) in [6.07, 6.45) is 1.82. The minimum Gasteiger partial charge on any atom is -0.342 e. The Bertz CT molecular complexity index is 943. The molecule has 1 aromatic rings. The van der Waals surface area contributed by atoms with Gasteiger partial charge in [0.25, 0.3) is 11.1 Å². The molecule has 0 bridgehead atoms. The summed E-state index contributed by atoms with van der Waals surface area (Å²) in [4.78, 5) is 39.5. The second kappa shape index (κ2) is 8.04. The fourth-order valence-corrected chi connectivity index (χ4v) is 5.71. The SMILES string of the molecule is CN(C(=O)CCN1C(=O)SC(=Cc2ccc(F)cc2)C1=O)C1CCS(=O)(=O)C1. The zero-order valence-corrected chi connectivity index (χ0v) is 16.8. The van der Waals surface area contributed by atoms with E-state index >= 15 is 0 Å². The molecule has 1 unspecified atom stereocenters. The van der Waals surface area contributed by atoms with Crippen molar-refractivity contribution in [3.8, 4) is 0 Å². The quantitative estimate of drug-likeness (QED) is 0.668. The third-order valence-electron chi connectivity index (χ3n) is 4.74. The Hall–Kier alpha value is -2.20. The molecule has 28 heavy (non-hydrogen) atoms. The number of amides is 3. The van der Waals surface area contributed by atoms with Crippen LogP contribution in [0.4, 0.5) is 9.18 Å². The van der Waals surface area contributed by atoms with Crippen LogP contribution in [0.2, 0.25) is 0 Å². The van der Waals surface area contributed by atoms with Gasteiger partial charge in [0.05, 0.1) is 16.4 Å². The average Bonchev–Trinajstić information content (AvgIpc) is 3.13. The van der Waals surface area contributed by atoms with Crippen LogP contribution in [0.15, 0.2) is 29.2 Å². The van der Waals surface area contributed by atoms with Crippen molar-refractivity contribution in [1.82, 2.24) is 9.80 Å². The van der Waals surface area contributed by atoms with E-state index in [0.29, 0.717) is 12.0 Å². The van der Waals surface area contributed by atoms with Crippen molar-refractivity contribution in [3.63, 3.8) is 0 Å². The third kappa shape index (κ3) is 4.61. The van der Waals surface area contributed by atoms with Crippen LogP contribution in [0, 0.1) is 5.82 Å². The number of thioether (sulfide) groups is 1. The van der Waals surface area contributed by atoms with Gasteiger partial charge in [0, 0.05) is 26.1 Å². The lowest BCUT2D eigenvalue weighted by Gasteiger charge is -2.24. The summed E-state index contributed by atoms with van der Waals surface area (Å²) < 4.78 is 36.1. The monoisotopic (exact) mass is 426 g/mol. The Morgan fingerprint density at radius 3 is 2.61 bits per heavy atom. The molecular formula is C18H19FN2O5S2. The maximum Gasteiger partial charge on any atom is 0.293 e. The predicted molar refractivity (Wildman–Crippen MR) is 104 cm³/mol. The number of carbonyl (C=O) groups is 3. The van der Waals surface area contributed by atoms with Crippen molar-refractivity contribution < 1.29 is 27.2 Å². The van der Waals surface area contributed by atoms with Gasteiger partial charge in [-0.25, -0.2) is 12.8 Å². The highest BCUT2D eigenvalue weighted by Crippen LogP contribution is 2.32. The van der Waals surface area contributed by atoms with E-state index in [1.807, 2.05) is 0 Å². The van der Waals surface area contributed by atoms with Crippen molar-refractivity contribution in [2.24, 2.45) is 0 Å². The van der Waals surface area contributed by atoms with Gasteiger partial charge in [-0.1, -0.05) is 12.1 Å². The molecule has 0 N–H and O–H groups in total. The fourth-order valence-electron chi connectivity index (χ4n) is 3.07. The Kier molecular flexibility index (Phi) is 5.90. The van der Waals surface area contributed by atoms with E-state index in [1.54, 1.807) is 0 Å². The highest BCUT2D eigenvalue weighted by molar-refractivity contribution is 8.18. The number of hydrogen-bond donors (Lipinski definition) is 0. The number of sulfone groups is 1. The largest absolute Gasteiger partial charge is 0.342 e. The molecule has 0 saturated carbocycles. The number of nitrogens with zero attached hydrogens (tertiary/aromatic N) is 2. The van der Waals surface area contributed by atoms with Crippen molar-refractivity contribution >= 4 is 44.7 Å². The molecule has 0 spiro atoms. The first-order chi connectivity index (χ1) is 13.2. The van der Waals surface area contributed by atoms with E-state index in [4.69, 9.17) is 0 Å². The highest BCUT2D eigenvalue weighted by atomic mass is 32.2. The minimum atomic E-state index is -3.11.